The molecular weight excluding hydrogens is 252 g/mol. The SMILES string of the molecule is CC1(C)C(C=O)C1C(=O)Oc1cccc2ccccc12. The number of ether oxygens (including phenoxy) is 1. The number of hydrogen-bond acceptors (Lipinski definition) is 3. The molecule has 2 aromatic carbocycles. The Kier molecular flexibility index (Phi) is 2.85. The van der Waals surface area contributed by atoms with Gasteiger partial charge in [-0.15, -0.1) is 0 Å². The molecule has 20 heavy (non-hydrogen) atoms. The highest BCUT2D eigenvalue weighted by Gasteiger charge is 2.63. The first-order valence-corrected chi connectivity index (χ1v) is 6.70. The van der Waals surface area contributed by atoms with Crippen LogP contribution >= 0.6 is 0 Å². The monoisotopic (exact) mass is 268 g/mol. The largest absolute Gasteiger partial charge is 0.426 e. The van der Waals surface area contributed by atoms with Crippen LogP contribution in [0.25, 0.3) is 10.8 Å². The Morgan fingerprint density at radius 1 is 1.15 bits per heavy atom. The molecule has 2 unspecified atom stereocenters. The molecule has 1 aliphatic rings. The van der Waals surface area contributed by atoms with Crippen LogP contribution in [0.1, 0.15) is 13.8 Å². The maximum Gasteiger partial charge on any atom is 0.315 e. The van der Waals surface area contributed by atoms with Gasteiger partial charge in [-0.2, -0.15) is 0 Å². The summed E-state index contributed by atoms with van der Waals surface area (Å²) >= 11 is 0. The van der Waals surface area contributed by atoms with Crippen LogP contribution in [0.5, 0.6) is 5.75 Å². The van der Waals surface area contributed by atoms with Gasteiger partial charge in [0.15, 0.2) is 0 Å². The van der Waals surface area contributed by atoms with E-state index < -0.39 is 0 Å². The molecule has 0 radical (unpaired) electrons. The van der Waals surface area contributed by atoms with Crippen LogP contribution in [0, 0.1) is 17.3 Å². The number of rotatable bonds is 3. The lowest BCUT2D eigenvalue weighted by molar-refractivity contribution is -0.137. The van der Waals surface area contributed by atoms with Gasteiger partial charge in [-0.3, -0.25) is 4.79 Å². The van der Waals surface area contributed by atoms with Crippen molar-refractivity contribution in [2.75, 3.05) is 0 Å². The summed E-state index contributed by atoms with van der Waals surface area (Å²) in [6.07, 6.45) is 0.856. The van der Waals surface area contributed by atoms with Crippen LogP contribution < -0.4 is 4.74 Å². The van der Waals surface area contributed by atoms with E-state index in [1.807, 2.05) is 50.2 Å². The third-order valence-corrected chi connectivity index (χ3v) is 4.27. The van der Waals surface area contributed by atoms with E-state index in [-0.39, 0.29) is 23.2 Å². The van der Waals surface area contributed by atoms with Gasteiger partial charge in [0.2, 0.25) is 0 Å². The van der Waals surface area contributed by atoms with E-state index in [2.05, 4.69) is 0 Å². The predicted molar refractivity (Wildman–Crippen MR) is 76.4 cm³/mol. The van der Waals surface area contributed by atoms with Crippen molar-refractivity contribution in [3.63, 3.8) is 0 Å². The number of fused-ring (bicyclic) bond motifs is 1. The van der Waals surface area contributed by atoms with Gasteiger partial charge in [0.25, 0.3) is 0 Å². The fourth-order valence-electron chi connectivity index (χ4n) is 2.84. The van der Waals surface area contributed by atoms with E-state index in [4.69, 9.17) is 4.74 Å². The molecule has 1 fully saturated rings. The number of carbonyl (C=O) groups is 2. The Bertz CT molecular complexity index is 682. The maximum atomic E-state index is 12.2. The summed E-state index contributed by atoms with van der Waals surface area (Å²) < 4.78 is 5.52. The van der Waals surface area contributed by atoms with E-state index in [0.29, 0.717) is 5.75 Å². The summed E-state index contributed by atoms with van der Waals surface area (Å²) in [4.78, 5) is 23.2. The van der Waals surface area contributed by atoms with Gasteiger partial charge in [-0.1, -0.05) is 50.2 Å². The molecule has 0 spiro atoms. The third-order valence-electron chi connectivity index (χ3n) is 4.27. The van der Waals surface area contributed by atoms with Crippen molar-refractivity contribution in [3.8, 4) is 5.75 Å². The second-order valence-electron chi connectivity index (χ2n) is 5.86. The number of benzene rings is 2. The topological polar surface area (TPSA) is 43.4 Å². The summed E-state index contributed by atoms with van der Waals surface area (Å²) in [5.41, 5.74) is -0.288. The average Bonchev–Trinajstić information content (AvgIpc) is 3.01. The first-order valence-electron chi connectivity index (χ1n) is 6.70. The van der Waals surface area contributed by atoms with Crippen LogP contribution in [-0.4, -0.2) is 12.3 Å². The van der Waals surface area contributed by atoms with Gasteiger partial charge in [0, 0.05) is 11.3 Å². The fraction of sp³-hybridized carbons (Fsp3) is 0.294. The summed E-state index contributed by atoms with van der Waals surface area (Å²) in [7, 11) is 0. The highest BCUT2D eigenvalue weighted by molar-refractivity contribution is 5.92. The minimum absolute atomic E-state index is 0.232. The minimum atomic E-state index is -0.334. The zero-order valence-corrected chi connectivity index (χ0v) is 11.5. The third kappa shape index (κ3) is 1.90. The normalized spacial score (nSPS) is 23.3. The van der Waals surface area contributed by atoms with Gasteiger partial charge in [0.05, 0.1) is 5.92 Å². The molecule has 0 heterocycles. The van der Waals surface area contributed by atoms with Gasteiger partial charge in [-0.05, 0) is 16.9 Å². The average molecular weight is 268 g/mol. The summed E-state index contributed by atoms with van der Waals surface area (Å²) in [6.45, 7) is 3.84. The van der Waals surface area contributed by atoms with E-state index in [1.165, 1.54) is 0 Å². The first kappa shape index (κ1) is 12.9. The van der Waals surface area contributed by atoms with Crippen LogP contribution in [-0.2, 0) is 9.59 Å². The van der Waals surface area contributed by atoms with Gasteiger partial charge < -0.3 is 9.53 Å². The number of aldehydes is 1. The minimum Gasteiger partial charge on any atom is -0.426 e. The molecule has 1 aliphatic carbocycles. The highest BCUT2D eigenvalue weighted by Crippen LogP contribution is 2.57. The molecule has 2 aromatic rings. The molecule has 3 rings (SSSR count). The number of esters is 1. The van der Waals surface area contributed by atoms with Crippen molar-refractivity contribution in [3.05, 3.63) is 42.5 Å². The standard InChI is InChI=1S/C17H16O3/c1-17(2)13(10-18)15(17)16(19)20-14-9-5-7-11-6-3-4-8-12(11)14/h3-10,13,15H,1-2H3. The molecule has 3 heteroatoms. The zero-order chi connectivity index (χ0) is 14.3. The molecule has 3 nitrogen and oxygen atoms in total. The Morgan fingerprint density at radius 2 is 1.85 bits per heavy atom. The molecule has 0 N–H and O–H groups in total. The van der Waals surface area contributed by atoms with Crippen LogP contribution in [0.3, 0.4) is 0 Å². The lowest BCUT2D eigenvalue weighted by atomic mass is 10.1. The molecule has 0 bridgehead atoms. The highest BCUT2D eigenvalue weighted by atomic mass is 16.5. The Labute approximate surface area is 117 Å². The summed E-state index contributed by atoms with van der Waals surface area (Å²) in [6, 6.07) is 13.4. The molecule has 1 saturated carbocycles. The van der Waals surface area contributed by atoms with Crippen LogP contribution in [0.2, 0.25) is 0 Å². The van der Waals surface area contributed by atoms with Crippen molar-refractivity contribution in [1.82, 2.24) is 0 Å². The van der Waals surface area contributed by atoms with Crippen LogP contribution in [0.15, 0.2) is 42.5 Å². The molecule has 0 aliphatic heterocycles. The van der Waals surface area contributed by atoms with Crippen molar-refractivity contribution < 1.29 is 14.3 Å². The van der Waals surface area contributed by atoms with Gasteiger partial charge >= 0.3 is 5.97 Å². The molecular formula is C17H16O3. The van der Waals surface area contributed by atoms with Crippen LogP contribution in [0.4, 0.5) is 0 Å². The second-order valence-corrected chi connectivity index (χ2v) is 5.86. The quantitative estimate of drug-likeness (QED) is 0.487. The van der Waals surface area contributed by atoms with Crippen molar-refractivity contribution in [2.24, 2.45) is 17.3 Å². The van der Waals surface area contributed by atoms with E-state index >= 15 is 0 Å². The second kappa shape index (κ2) is 4.44. The zero-order valence-electron chi connectivity index (χ0n) is 11.5. The number of carbonyl (C=O) groups excluding carboxylic acids is 2. The molecule has 0 aromatic heterocycles. The van der Waals surface area contributed by atoms with Crippen molar-refractivity contribution in [2.45, 2.75) is 13.8 Å². The summed E-state index contributed by atoms with van der Waals surface area (Å²) in [5, 5.41) is 1.93. The summed E-state index contributed by atoms with van der Waals surface area (Å²) in [5.74, 6) is -0.326. The van der Waals surface area contributed by atoms with Gasteiger partial charge in [-0.25, -0.2) is 0 Å². The molecule has 0 amide bonds. The molecule has 102 valence electrons. The lowest BCUT2D eigenvalue weighted by Gasteiger charge is -2.08. The van der Waals surface area contributed by atoms with Crippen molar-refractivity contribution in [1.29, 1.82) is 0 Å². The van der Waals surface area contributed by atoms with E-state index in [0.717, 1.165) is 17.1 Å². The Balaban J connectivity index is 1.88. The van der Waals surface area contributed by atoms with E-state index in [9.17, 15) is 9.59 Å². The molecule has 0 saturated heterocycles. The van der Waals surface area contributed by atoms with Gasteiger partial charge in [0.1, 0.15) is 12.0 Å². The maximum absolute atomic E-state index is 12.2. The lowest BCUT2D eigenvalue weighted by Crippen LogP contribution is -2.14. The Hall–Kier alpha value is -2.16. The fourth-order valence-corrected chi connectivity index (χ4v) is 2.84. The Morgan fingerprint density at radius 3 is 2.55 bits per heavy atom. The smallest absolute Gasteiger partial charge is 0.315 e. The predicted octanol–water partition coefficient (Wildman–Crippen LogP) is 3.22. The van der Waals surface area contributed by atoms with E-state index in [1.54, 1.807) is 6.07 Å². The first-order chi connectivity index (χ1) is 9.55. The van der Waals surface area contributed by atoms with Crippen molar-refractivity contribution >= 4 is 23.0 Å². The molecule has 2 atom stereocenters. The number of hydrogen-bond donors (Lipinski definition) is 0.